The summed E-state index contributed by atoms with van der Waals surface area (Å²) in [5, 5.41) is 6.44. The summed E-state index contributed by atoms with van der Waals surface area (Å²) in [5.41, 5.74) is 1.13. The minimum absolute atomic E-state index is 0.840. The molecule has 0 radical (unpaired) electrons. The Labute approximate surface area is 97.1 Å². The molecule has 0 aliphatic heterocycles. The van der Waals surface area contributed by atoms with Crippen LogP contribution in [-0.4, -0.2) is 43.1 Å². The molecule has 16 heavy (non-hydrogen) atoms. The summed E-state index contributed by atoms with van der Waals surface area (Å²) in [6, 6.07) is 4.86. The first kappa shape index (κ1) is 11.2. The van der Waals surface area contributed by atoms with E-state index in [1.165, 1.54) is 12.8 Å². The largest absolute Gasteiger partial charge is 0.384 e. The maximum Gasteiger partial charge on any atom is 0.127 e. The topological polar surface area (TPSA) is 40.2 Å². The highest BCUT2D eigenvalue weighted by Crippen LogP contribution is 2.24. The Bertz CT molecular complexity index is 336. The van der Waals surface area contributed by atoms with Gasteiger partial charge in [0.15, 0.2) is 0 Å². The van der Waals surface area contributed by atoms with Crippen LogP contribution in [0.15, 0.2) is 18.3 Å². The minimum Gasteiger partial charge on any atom is -0.384 e. The van der Waals surface area contributed by atoms with Crippen LogP contribution in [0.4, 0.5) is 11.5 Å². The van der Waals surface area contributed by atoms with Crippen LogP contribution in [0.5, 0.6) is 0 Å². The first-order chi connectivity index (χ1) is 7.79. The molecule has 0 spiro atoms. The van der Waals surface area contributed by atoms with Crippen LogP contribution in [0, 0.1) is 0 Å². The van der Waals surface area contributed by atoms with E-state index in [2.05, 4.69) is 27.6 Å². The Morgan fingerprint density at radius 1 is 1.50 bits per heavy atom. The van der Waals surface area contributed by atoms with Gasteiger partial charge in [0, 0.05) is 44.1 Å². The van der Waals surface area contributed by atoms with Gasteiger partial charge in [0.25, 0.3) is 0 Å². The van der Waals surface area contributed by atoms with Crippen molar-refractivity contribution < 1.29 is 0 Å². The summed E-state index contributed by atoms with van der Waals surface area (Å²) < 4.78 is 0. The molecule has 1 fully saturated rings. The van der Waals surface area contributed by atoms with Crippen molar-refractivity contribution in [3.63, 3.8) is 0 Å². The number of nitrogens with one attached hydrogen (secondary N) is 2. The van der Waals surface area contributed by atoms with E-state index in [0.29, 0.717) is 0 Å². The van der Waals surface area contributed by atoms with Crippen LogP contribution in [0.25, 0.3) is 0 Å². The Hall–Kier alpha value is -1.29. The van der Waals surface area contributed by atoms with Gasteiger partial charge in [0.05, 0.1) is 0 Å². The van der Waals surface area contributed by atoms with Gasteiger partial charge < -0.3 is 15.5 Å². The van der Waals surface area contributed by atoms with E-state index in [4.69, 9.17) is 0 Å². The summed E-state index contributed by atoms with van der Waals surface area (Å²) in [5.74, 6) is 0.903. The molecule has 1 aliphatic rings. The third-order valence-electron chi connectivity index (χ3n) is 2.98. The number of hydrogen-bond acceptors (Lipinski definition) is 4. The summed E-state index contributed by atoms with van der Waals surface area (Å²) >= 11 is 0. The van der Waals surface area contributed by atoms with Crippen molar-refractivity contribution in [2.45, 2.75) is 18.9 Å². The van der Waals surface area contributed by atoms with Gasteiger partial charge in [0.1, 0.15) is 5.82 Å². The number of likely N-dealkylation sites (N-methyl/N-ethyl adjacent to an activating group) is 1. The average Bonchev–Trinajstić information content (AvgIpc) is 3.13. The molecule has 2 N–H and O–H groups in total. The molecule has 4 heteroatoms. The van der Waals surface area contributed by atoms with Crippen LogP contribution in [0.2, 0.25) is 0 Å². The van der Waals surface area contributed by atoms with Crippen molar-refractivity contribution in [1.82, 2.24) is 9.88 Å². The molecular formula is C12H20N4. The molecule has 1 aliphatic carbocycles. The standard InChI is InChI=1S/C12H20N4/c1-13-12-9-10(5-6-15-12)14-7-8-16(2)11-3-4-11/h5-6,9,11H,3-4,7-8H2,1-2H3,(H2,13,14,15). The number of anilines is 2. The minimum atomic E-state index is 0.840. The van der Waals surface area contributed by atoms with Crippen molar-refractivity contribution in [1.29, 1.82) is 0 Å². The predicted molar refractivity (Wildman–Crippen MR) is 67.9 cm³/mol. The normalized spacial score (nSPS) is 15.2. The number of rotatable bonds is 6. The molecule has 1 aromatic heterocycles. The molecule has 88 valence electrons. The molecule has 4 nitrogen and oxygen atoms in total. The Morgan fingerprint density at radius 3 is 3.00 bits per heavy atom. The molecule has 0 aromatic carbocycles. The van der Waals surface area contributed by atoms with E-state index < -0.39 is 0 Å². The summed E-state index contributed by atoms with van der Waals surface area (Å²) in [7, 11) is 4.08. The average molecular weight is 220 g/mol. The number of nitrogens with zero attached hydrogens (tertiary/aromatic N) is 2. The molecule has 1 saturated carbocycles. The van der Waals surface area contributed by atoms with Crippen LogP contribution in [0.3, 0.4) is 0 Å². The van der Waals surface area contributed by atoms with Crippen molar-refractivity contribution in [2.75, 3.05) is 37.8 Å². The van der Waals surface area contributed by atoms with E-state index in [1.54, 1.807) is 0 Å². The first-order valence-corrected chi connectivity index (χ1v) is 5.87. The molecular weight excluding hydrogens is 200 g/mol. The lowest BCUT2D eigenvalue weighted by molar-refractivity contribution is 0.337. The Kier molecular flexibility index (Phi) is 3.62. The van der Waals surface area contributed by atoms with Crippen LogP contribution in [-0.2, 0) is 0 Å². The Balaban J connectivity index is 1.75. The van der Waals surface area contributed by atoms with Gasteiger partial charge in [-0.2, -0.15) is 0 Å². The van der Waals surface area contributed by atoms with Gasteiger partial charge in [0.2, 0.25) is 0 Å². The third kappa shape index (κ3) is 3.10. The predicted octanol–water partition coefficient (Wildman–Crippen LogP) is 1.63. The van der Waals surface area contributed by atoms with Gasteiger partial charge in [-0.05, 0) is 26.0 Å². The molecule has 0 saturated heterocycles. The maximum absolute atomic E-state index is 4.18. The highest BCUT2D eigenvalue weighted by molar-refractivity contribution is 5.51. The van der Waals surface area contributed by atoms with Crippen molar-refractivity contribution in [3.05, 3.63) is 18.3 Å². The second-order valence-electron chi connectivity index (χ2n) is 4.32. The molecule has 0 unspecified atom stereocenters. The zero-order valence-electron chi connectivity index (χ0n) is 10.0. The summed E-state index contributed by atoms with van der Waals surface area (Å²) in [6.07, 6.45) is 4.56. The fourth-order valence-electron chi connectivity index (χ4n) is 1.75. The molecule has 0 atom stereocenters. The van der Waals surface area contributed by atoms with Crippen molar-refractivity contribution in [3.8, 4) is 0 Å². The molecule has 0 amide bonds. The number of pyridine rings is 1. The zero-order chi connectivity index (χ0) is 11.4. The zero-order valence-corrected chi connectivity index (χ0v) is 10.0. The molecule has 1 aromatic rings. The van der Waals surface area contributed by atoms with Gasteiger partial charge in [-0.3, -0.25) is 0 Å². The number of hydrogen-bond donors (Lipinski definition) is 2. The highest BCUT2D eigenvalue weighted by Gasteiger charge is 2.25. The number of aromatic nitrogens is 1. The van der Waals surface area contributed by atoms with Crippen molar-refractivity contribution >= 4 is 11.5 Å². The molecule has 1 heterocycles. The third-order valence-corrected chi connectivity index (χ3v) is 2.98. The van der Waals surface area contributed by atoms with Gasteiger partial charge in [-0.15, -0.1) is 0 Å². The van der Waals surface area contributed by atoms with Crippen molar-refractivity contribution in [2.24, 2.45) is 0 Å². The van der Waals surface area contributed by atoms with Gasteiger partial charge in [-0.25, -0.2) is 4.98 Å². The lowest BCUT2D eigenvalue weighted by atomic mass is 10.3. The summed E-state index contributed by atoms with van der Waals surface area (Å²) in [4.78, 5) is 6.60. The fourth-order valence-corrected chi connectivity index (χ4v) is 1.75. The highest BCUT2D eigenvalue weighted by atomic mass is 15.2. The second kappa shape index (κ2) is 5.16. The fraction of sp³-hybridized carbons (Fsp3) is 0.583. The van der Waals surface area contributed by atoms with Crippen LogP contribution in [0.1, 0.15) is 12.8 Å². The first-order valence-electron chi connectivity index (χ1n) is 5.87. The van der Waals surface area contributed by atoms with Crippen LogP contribution >= 0.6 is 0 Å². The van der Waals surface area contributed by atoms with Crippen LogP contribution < -0.4 is 10.6 Å². The Morgan fingerprint density at radius 2 is 2.31 bits per heavy atom. The van der Waals surface area contributed by atoms with E-state index >= 15 is 0 Å². The molecule has 2 rings (SSSR count). The van der Waals surface area contributed by atoms with E-state index in [1.807, 2.05) is 25.4 Å². The SMILES string of the molecule is CNc1cc(NCCN(C)C2CC2)ccn1. The maximum atomic E-state index is 4.18. The smallest absolute Gasteiger partial charge is 0.127 e. The van der Waals surface area contributed by atoms with Gasteiger partial charge >= 0.3 is 0 Å². The summed E-state index contributed by atoms with van der Waals surface area (Å²) in [6.45, 7) is 2.09. The lowest BCUT2D eigenvalue weighted by Crippen LogP contribution is -2.27. The van der Waals surface area contributed by atoms with E-state index in [0.717, 1.165) is 30.6 Å². The molecule has 0 bridgehead atoms. The van der Waals surface area contributed by atoms with E-state index in [-0.39, 0.29) is 0 Å². The lowest BCUT2D eigenvalue weighted by Gasteiger charge is -2.16. The van der Waals surface area contributed by atoms with Gasteiger partial charge in [-0.1, -0.05) is 0 Å². The second-order valence-corrected chi connectivity index (χ2v) is 4.32. The monoisotopic (exact) mass is 220 g/mol. The quantitative estimate of drug-likeness (QED) is 0.764. The van der Waals surface area contributed by atoms with E-state index in [9.17, 15) is 0 Å².